The second-order valence-electron chi connectivity index (χ2n) is 10.3. The van der Waals surface area contributed by atoms with Crippen LogP contribution in [0.1, 0.15) is 37.0 Å². The number of nitrogens with zero attached hydrogens (tertiary/aromatic N) is 4. The summed E-state index contributed by atoms with van der Waals surface area (Å²) in [5.74, 6) is 2.13. The summed E-state index contributed by atoms with van der Waals surface area (Å²) in [5, 5.41) is 9.79. The van der Waals surface area contributed by atoms with Gasteiger partial charge in [-0.05, 0) is 82.6 Å². The first-order valence-electron chi connectivity index (χ1n) is 12.8. The van der Waals surface area contributed by atoms with Gasteiger partial charge in [0.2, 0.25) is 0 Å². The quantitative estimate of drug-likeness (QED) is 0.215. The van der Waals surface area contributed by atoms with Crippen molar-refractivity contribution >= 4 is 39.8 Å². The van der Waals surface area contributed by atoms with E-state index in [0.717, 1.165) is 49.9 Å². The Balaban J connectivity index is 1.32. The lowest BCUT2D eigenvalue weighted by molar-refractivity contribution is 0.0523. The Morgan fingerprint density at radius 2 is 1.85 bits per heavy atom. The molecule has 0 atom stereocenters. The first kappa shape index (κ1) is 27.0. The highest BCUT2D eigenvalue weighted by molar-refractivity contribution is 7.09. The van der Waals surface area contributed by atoms with E-state index in [1.54, 1.807) is 12.5 Å². The average molecular weight is 555 g/mol. The molecule has 0 fully saturated rings. The zero-order chi connectivity index (χ0) is 28.3. The molecule has 3 aromatic heterocycles. The maximum atomic E-state index is 12.0. The molecular weight excluding hydrogens is 524 g/mol. The van der Waals surface area contributed by atoms with Crippen LogP contribution in [0.2, 0.25) is 0 Å². The molecule has 5 aromatic rings. The summed E-state index contributed by atoms with van der Waals surface area (Å²) in [6.45, 7) is 9.72. The van der Waals surface area contributed by atoms with Crippen LogP contribution < -0.4 is 15.4 Å². The topological polar surface area (TPSA) is 111 Å². The standard InChI is InChI=1S/C30H30N6O3S/c1-18-12-21(8-11-26(18)38-22-9-6-19(2)31-14-22)35-28-23-13-20(7-10-24(23)33-17-34-28)25-16-40-27(36-25)15-32-29(37)39-30(3,4)5/h6-14,16-17H,15H2,1-5H3,(H,32,37)(H,33,34,35). The highest BCUT2D eigenvalue weighted by Crippen LogP contribution is 2.32. The number of amides is 1. The van der Waals surface area contributed by atoms with Crippen molar-refractivity contribution in [1.29, 1.82) is 0 Å². The minimum absolute atomic E-state index is 0.294. The third kappa shape index (κ3) is 6.70. The van der Waals surface area contributed by atoms with Crippen LogP contribution in [0.3, 0.4) is 0 Å². The van der Waals surface area contributed by atoms with Gasteiger partial charge in [-0.1, -0.05) is 6.07 Å². The van der Waals surface area contributed by atoms with E-state index in [9.17, 15) is 4.79 Å². The second-order valence-corrected chi connectivity index (χ2v) is 11.2. The molecule has 0 spiro atoms. The van der Waals surface area contributed by atoms with Crippen molar-refractivity contribution in [3.8, 4) is 22.8 Å². The molecule has 0 saturated heterocycles. The zero-order valence-electron chi connectivity index (χ0n) is 23.0. The van der Waals surface area contributed by atoms with Crippen LogP contribution in [-0.2, 0) is 11.3 Å². The van der Waals surface area contributed by atoms with Crippen LogP contribution in [0.5, 0.6) is 11.5 Å². The number of rotatable bonds is 7. The Bertz CT molecular complexity index is 1660. The lowest BCUT2D eigenvalue weighted by Gasteiger charge is -2.19. The van der Waals surface area contributed by atoms with Gasteiger partial charge in [0.1, 0.15) is 34.3 Å². The lowest BCUT2D eigenvalue weighted by Crippen LogP contribution is -2.32. The predicted octanol–water partition coefficient (Wildman–Crippen LogP) is 7.33. The molecule has 5 rings (SSSR count). The number of carbonyl (C=O) groups is 1. The van der Waals surface area contributed by atoms with Crippen LogP contribution >= 0.6 is 11.3 Å². The van der Waals surface area contributed by atoms with Crippen LogP contribution in [-0.4, -0.2) is 31.6 Å². The summed E-state index contributed by atoms with van der Waals surface area (Å²) >= 11 is 1.48. The van der Waals surface area contributed by atoms with Gasteiger partial charge < -0.3 is 20.1 Å². The Morgan fingerprint density at radius 3 is 2.60 bits per heavy atom. The molecule has 0 unspecified atom stereocenters. The van der Waals surface area contributed by atoms with Gasteiger partial charge in [0.25, 0.3) is 0 Å². The van der Waals surface area contributed by atoms with Gasteiger partial charge in [-0.2, -0.15) is 0 Å². The number of thiazole rings is 1. The summed E-state index contributed by atoms with van der Waals surface area (Å²) < 4.78 is 11.3. The van der Waals surface area contributed by atoms with E-state index in [1.165, 1.54) is 11.3 Å². The minimum atomic E-state index is -0.551. The highest BCUT2D eigenvalue weighted by Gasteiger charge is 2.16. The number of ether oxygens (including phenoxy) is 2. The lowest BCUT2D eigenvalue weighted by atomic mass is 10.1. The maximum Gasteiger partial charge on any atom is 0.408 e. The zero-order valence-corrected chi connectivity index (χ0v) is 23.8. The van der Waals surface area contributed by atoms with E-state index >= 15 is 0 Å². The number of nitrogens with one attached hydrogen (secondary N) is 2. The molecular formula is C30H30N6O3S. The summed E-state index contributed by atoms with van der Waals surface area (Å²) in [6.07, 6.45) is 2.79. The third-order valence-electron chi connectivity index (χ3n) is 5.82. The van der Waals surface area contributed by atoms with E-state index in [4.69, 9.17) is 14.5 Å². The van der Waals surface area contributed by atoms with E-state index in [0.29, 0.717) is 18.1 Å². The fourth-order valence-electron chi connectivity index (χ4n) is 3.92. The molecule has 2 N–H and O–H groups in total. The number of hydrogen-bond donors (Lipinski definition) is 2. The van der Waals surface area contributed by atoms with Gasteiger partial charge in [0, 0.05) is 27.7 Å². The van der Waals surface area contributed by atoms with E-state index < -0.39 is 11.7 Å². The van der Waals surface area contributed by atoms with Crippen molar-refractivity contribution < 1.29 is 14.3 Å². The Hall–Kier alpha value is -4.57. The van der Waals surface area contributed by atoms with Crippen molar-refractivity contribution in [2.45, 2.75) is 46.8 Å². The maximum absolute atomic E-state index is 12.0. The molecule has 0 saturated carbocycles. The van der Waals surface area contributed by atoms with Gasteiger partial charge in [0.05, 0.1) is 24.0 Å². The predicted molar refractivity (Wildman–Crippen MR) is 157 cm³/mol. The van der Waals surface area contributed by atoms with E-state index in [2.05, 4.69) is 25.6 Å². The van der Waals surface area contributed by atoms with Crippen LogP contribution in [0.25, 0.3) is 22.2 Å². The number of pyridine rings is 1. The van der Waals surface area contributed by atoms with Crippen LogP contribution in [0, 0.1) is 13.8 Å². The highest BCUT2D eigenvalue weighted by atomic mass is 32.1. The average Bonchev–Trinajstić information content (AvgIpc) is 3.38. The summed E-state index contributed by atoms with van der Waals surface area (Å²) in [5.41, 5.74) is 4.79. The minimum Gasteiger partial charge on any atom is -0.455 e. The molecule has 0 aliphatic rings. The number of aryl methyl sites for hydroxylation is 2. The van der Waals surface area contributed by atoms with Gasteiger partial charge in [0.15, 0.2) is 0 Å². The van der Waals surface area contributed by atoms with Gasteiger partial charge in [-0.25, -0.2) is 19.7 Å². The van der Waals surface area contributed by atoms with Gasteiger partial charge >= 0.3 is 6.09 Å². The third-order valence-corrected chi connectivity index (χ3v) is 6.66. The summed E-state index contributed by atoms with van der Waals surface area (Å²) in [4.78, 5) is 29.9. The van der Waals surface area contributed by atoms with E-state index in [-0.39, 0.29) is 0 Å². The molecule has 2 aromatic carbocycles. The van der Waals surface area contributed by atoms with Crippen LogP contribution in [0.4, 0.5) is 16.3 Å². The molecule has 204 valence electrons. The molecule has 1 amide bonds. The largest absolute Gasteiger partial charge is 0.455 e. The summed E-state index contributed by atoms with van der Waals surface area (Å²) in [6, 6.07) is 15.7. The molecule has 0 aliphatic heterocycles. The van der Waals surface area contributed by atoms with Crippen molar-refractivity contribution in [3.63, 3.8) is 0 Å². The Morgan fingerprint density at radius 1 is 1.00 bits per heavy atom. The Labute approximate surface area is 236 Å². The molecule has 0 radical (unpaired) electrons. The Kier molecular flexibility index (Phi) is 7.61. The second kappa shape index (κ2) is 11.3. The monoisotopic (exact) mass is 554 g/mol. The molecule has 0 aliphatic carbocycles. The van der Waals surface area contributed by atoms with Crippen molar-refractivity contribution in [2.75, 3.05) is 5.32 Å². The number of anilines is 2. The van der Waals surface area contributed by atoms with Crippen molar-refractivity contribution in [2.24, 2.45) is 0 Å². The number of alkyl carbamates (subject to hydrolysis) is 1. The van der Waals surface area contributed by atoms with Gasteiger partial charge in [-0.15, -0.1) is 11.3 Å². The van der Waals surface area contributed by atoms with Crippen molar-refractivity contribution in [3.05, 3.63) is 82.7 Å². The normalized spacial score (nSPS) is 11.3. The number of hydrogen-bond acceptors (Lipinski definition) is 9. The first-order chi connectivity index (χ1) is 19.1. The fraction of sp³-hybridized carbons (Fsp3) is 0.233. The van der Waals surface area contributed by atoms with E-state index in [1.807, 2.05) is 88.5 Å². The number of fused-ring (bicyclic) bond motifs is 1. The number of benzene rings is 2. The molecule has 9 nitrogen and oxygen atoms in total. The molecule has 3 heterocycles. The molecule has 40 heavy (non-hydrogen) atoms. The SMILES string of the molecule is Cc1ccc(Oc2ccc(Nc3ncnc4ccc(-c5csc(CNC(=O)OC(C)(C)C)n5)cc34)cc2C)cn1. The van der Waals surface area contributed by atoms with Crippen LogP contribution in [0.15, 0.2) is 66.4 Å². The molecule has 0 bridgehead atoms. The fourth-order valence-corrected chi connectivity index (χ4v) is 4.67. The summed E-state index contributed by atoms with van der Waals surface area (Å²) in [7, 11) is 0. The number of aromatic nitrogens is 4. The number of carbonyl (C=O) groups excluding carboxylic acids is 1. The molecule has 10 heteroatoms. The first-order valence-corrected chi connectivity index (χ1v) is 13.7. The van der Waals surface area contributed by atoms with Crippen molar-refractivity contribution in [1.82, 2.24) is 25.3 Å². The smallest absolute Gasteiger partial charge is 0.408 e. The van der Waals surface area contributed by atoms with Gasteiger partial charge in [-0.3, -0.25) is 4.98 Å².